The van der Waals surface area contributed by atoms with Crippen LogP contribution >= 0.6 is 0 Å². The van der Waals surface area contributed by atoms with Crippen LogP contribution in [0, 0.1) is 0 Å². The van der Waals surface area contributed by atoms with Crippen LogP contribution in [-0.2, 0) is 9.53 Å². The molecule has 0 aliphatic carbocycles. The van der Waals surface area contributed by atoms with Crippen LogP contribution in [0.3, 0.4) is 0 Å². The second kappa shape index (κ2) is 9.50. The summed E-state index contributed by atoms with van der Waals surface area (Å²) < 4.78 is 5.40. The lowest BCUT2D eigenvalue weighted by Crippen LogP contribution is -3.06. The van der Waals surface area contributed by atoms with Gasteiger partial charge in [-0.05, 0) is 12.1 Å². The molecular formula is C17H30N4O2+2. The summed E-state index contributed by atoms with van der Waals surface area (Å²) in [5.74, 6) is 0.0582. The Morgan fingerprint density at radius 2 is 2.04 bits per heavy atom. The Morgan fingerprint density at radius 1 is 1.30 bits per heavy atom. The molecule has 1 heterocycles. The normalized spacial score (nSPS) is 15.0. The molecule has 1 aromatic carbocycles. The lowest BCUT2D eigenvalue weighted by molar-refractivity contribution is -0.860. The number of hydrogen-bond acceptors (Lipinski definition) is 3. The molecule has 0 saturated carbocycles. The third-order valence-electron chi connectivity index (χ3n) is 3.94. The maximum Gasteiger partial charge on any atom is 0.279 e. The third-order valence-corrected chi connectivity index (χ3v) is 3.94. The molecule has 1 aliphatic rings. The summed E-state index contributed by atoms with van der Waals surface area (Å²) in [6, 6.07) is 8.00. The van der Waals surface area contributed by atoms with Crippen molar-refractivity contribution >= 4 is 17.3 Å². The summed E-state index contributed by atoms with van der Waals surface area (Å²) in [6.45, 7) is 5.81. The van der Waals surface area contributed by atoms with Gasteiger partial charge in [0.2, 0.25) is 0 Å². The van der Waals surface area contributed by atoms with Gasteiger partial charge in [-0.25, -0.2) is 0 Å². The van der Waals surface area contributed by atoms with Crippen LogP contribution in [0.2, 0.25) is 0 Å². The van der Waals surface area contributed by atoms with Gasteiger partial charge in [0.15, 0.2) is 6.54 Å². The van der Waals surface area contributed by atoms with E-state index < -0.39 is 0 Å². The van der Waals surface area contributed by atoms with Gasteiger partial charge >= 0.3 is 0 Å². The third kappa shape index (κ3) is 6.17. The summed E-state index contributed by atoms with van der Waals surface area (Å²) in [7, 11) is 4.30. The Morgan fingerprint density at radius 3 is 2.78 bits per heavy atom. The number of anilines is 2. The SMILES string of the molecule is C[NH+](C)CCC[NH2+]CC(=O)Nc1ccccc1N1CCOCC1. The summed E-state index contributed by atoms with van der Waals surface area (Å²) in [4.78, 5) is 15.9. The summed E-state index contributed by atoms with van der Waals surface area (Å²) in [5.41, 5.74) is 1.98. The quantitative estimate of drug-likeness (QED) is 0.514. The van der Waals surface area contributed by atoms with Gasteiger partial charge in [0.1, 0.15) is 0 Å². The van der Waals surface area contributed by atoms with Crippen LogP contribution in [-0.4, -0.2) is 65.9 Å². The number of hydrogen-bond donors (Lipinski definition) is 3. The number of benzene rings is 1. The van der Waals surface area contributed by atoms with E-state index in [0.717, 1.165) is 57.2 Å². The van der Waals surface area contributed by atoms with Gasteiger partial charge in [-0.15, -0.1) is 0 Å². The van der Waals surface area contributed by atoms with Crippen molar-refractivity contribution in [1.29, 1.82) is 0 Å². The zero-order valence-electron chi connectivity index (χ0n) is 14.3. The van der Waals surface area contributed by atoms with Crippen molar-refractivity contribution in [2.75, 3.05) is 70.2 Å². The molecule has 4 N–H and O–H groups in total. The molecule has 0 aromatic heterocycles. The van der Waals surface area contributed by atoms with Gasteiger partial charge in [0.05, 0.1) is 51.8 Å². The summed E-state index contributed by atoms with van der Waals surface area (Å²) in [6.07, 6.45) is 1.12. The molecule has 1 aliphatic heterocycles. The molecule has 6 nitrogen and oxygen atoms in total. The van der Waals surface area contributed by atoms with Crippen LogP contribution in [0.5, 0.6) is 0 Å². The topological polar surface area (TPSA) is 62.6 Å². The highest BCUT2D eigenvalue weighted by Gasteiger charge is 2.16. The lowest BCUT2D eigenvalue weighted by Gasteiger charge is -2.30. The molecule has 1 amide bonds. The average molecular weight is 322 g/mol. The molecule has 0 unspecified atom stereocenters. The van der Waals surface area contributed by atoms with E-state index >= 15 is 0 Å². The van der Waals surface area contributed by atoms with Crippen LogP contribution in [0.4, 0.5) is 11.4 Å². The van der Waals surface area contributed by atoms with Gasteiger partial charge in [0.25, 0.3) is 5.91 Å². The highest BCUT2D eigenvalue weighted by atomic mass is 16.5. The van der Waals surface area contributed by atoms with Crippen molar-refractivity contribution in [3.63, 3.8) is 0 Å². The van der Waals surface area contributed by atoms with E-state index in [0.29, 0.717) is 6.54 Å². The van der Waals surface area contributed by atoms with Crippen molar-refractivity contribution in [2.24, 2.45) is 0 Å². The molecule has 2 rings (SSSR count). The predicted molar refractivity (Wildman–Crippen MR) is 92.1 cm³/mol. The van der Waals surface area contributed by atoms with Crippen LogP contribution < -0.4 is 20.4 Å². The van der Waals surface area contributed by atoms with Crippen LogP contribution in [0.15, 0.2) is 24.3 Å². The Labute approximate surface area is 138 Å². The second-order valence-corrected chi connectivity index (χ2v) is 6.26. The zero-order valence-corrected chi connectivity index (χ0v) is 14.3. The molecule has 0 bridgehead atoms. The first-order chi connectivity index (χ1) is 11.2. The highest BCUT2D eigenvalue weighted by molar-refractivity contribution is 5.94. The number of amides is 1. The smallest absolute Gasteiger partial charge is 0.279 e. The molecule has 0 radical (unpaired) electrons. The standard InChI is InChI=1S/C17H28N4O2/c1-20(2)9-5-8-18-14-17(22)19-15-6-3-4-7-16(15)21-10-12-23-13-11-21/h3-4,6-7,18H,5,8-14H2,1-2H3,(H,19,22)/p+2. The number of carbonyl (C=O) groups is 1. The van der Waals surface area contributed by atoms with Gasteiger partial charge in [-0.2, -0.15) is 0 Å². The van der Waals surface area contributed by atoms with Crippen molar-refractivity contribution in [1.82, 2.24) is 0 Å². The fourth-order valence-electron chi connectivity index (χ4n) is 2.69. The van der Waals surface area contributed by atoms with Crippen molar-refractivity contribution < 1.29 is 19.7 Å². The Bertz CT molecular complexity index is 487. The molecule has 23 heavy (non-hydrogen) atoms. The zero-order chi connectivity index (χ0) is 16.5. The summed E-state index contributed by atoms with van der Waals surface area (Å²) in [5, 5.41) is 5.13. The van der Waals surface area contributed by atoms with Gasteiger partial charge in [-0.3, -0.25) is 4.79 Å². The van der Waals surface area contributed by atoms with E-state index in [2.05, 4.69) is 35.7 Å². The predicted octanol–water partition coefficient (Wildman–Crippen LogP) is -1.44. The number of ether oxygens (including phenoxy) is 1. The first-order valence-electron chi connectivity index (χ1n) is 8.49. The number of nitrogens with one attached hydrogen (secondary N) is 2. The largest absolute Gasteiger partial charge is 0.378 e. The minimum absolute atomic E-state index is 0.0582. The van der Waals surface area contributed by atoms with Crippen molar-refractivity contribution in [2.45, 2.75) is 6.42 Å². The number of nitrogens with two attached hydrogens (primary N) is 1. The number of morpholine rings is 1. The number of carbonyl (C=O) groups excluding carboxylic acids is 1. The second-order valence-electron chi connectivity index (χ2n) is 6.26. The van der Waals surface area contributed by atoms with E-state index in [1.54, 1.807) is 0 Å². The highest BCUT2D eigenvalue weighted by Crippen LogP contribution is 2.26. The van der Waals surface area contributed by atoms with Crippen LogP contribution in [0.25, 0.3) is 0 Å². The molecule has 6 heteroatoms. The van der Waals surface area contributed by atoms with E-state index in [1.165, 1.54) is 4.90 Å². The molecule has 1 fully saturated rings. The van der Waals surface area contributed by atoms with E-state index in [-0.39, 0.29) is 5.91 Å². The number of rotatable bonds is 8. The number of quaternary nitrogens is 2. The minimum Gasteiger partial charge on any atom is -0.378 e. The molecule has 128 valence electrons. The maximum atomic E-state index is 12.2. The Kier molecular flexibility index (Phi) is 7.32. The van der Waals surface area contributed by atoms with E-state index in [4.69, 9.17) is 4.74 Å². The average Bonchev–Trinajstić information content (AvgIpc) is 2.55. The van der Waals surface area contributed by atoms with Gasteiger partial charge in [-0.1, -0.05) is 12.1 Å². The molecule has 0 spiro atoms. The number of nitrogens with zero attached hydrogens (tertiary/aromatic N) is 1. The fraction of sp³-hybridized carbons (Fsp3) is 0.588. The van der Waals surface area contributed by atoms with E-state index in [1.807, 2.05) is 18.2 Å². The van der Waals surface area contributed by atoms with Crippen LogP contribution in [0.1, 0.15) is 6.42 Å². The number of para-hydroxylation sites is 2. The maximum absolute atomic E-state index is 12.2. The monoisotopic (exact) mass is 322 g/mol. The molecule has 0 atom stereocenters. The van der Waals surface area contributed by atoms with Gasteiger partial charge < -0.3 is 25.2 Å². The Balaban J connectivity index is 1.81. The molecular weight excluding hydrogens is 292 g/mol. The minimum atomic E-state index is 0.0582. The Hall–Kier alpha value is -1.63. The van der Waals surface area contributed by atoms with Crippen molar-refractivity contribution in [3.8, 4) is 0 Å². The first-order valence-corrected chi connectivity index (χ1v) is 8.49. The first kappa shape index (κ1) is 17.7. The lowest BCUT2D eigenvalue weighted by atomic mass is 10.2. The van der Waals surface area contributed by atoms with E-state index in [9.17, 15) is 4.79 Å². The fourth-order valence-corrected chi connectivity index (χ4v) is 2.69. The van der Waals surface area contributed by atoms with Gasteiger partial charge in [0, 0.05) is 19.5 Å². The molecule has 1 saturated heterocycles. The molecule has 1 aromatic rings. The van der Waals surface area contributed by atoms with Crippen molar-refractivity contribution in [3.05, 3.63) is 24.3 Å². The summed E-state index contributed by atoms with van der Waals surface area (Å²) >= 11 is 0.